The molecule has 0 radical (unpaired) electrons. The number of nitrogens with two attached hydrogens (primary N) is 1. The van der Waals surface area contributed by atoms with Crippen molar-refractivity contribution in [2.24, 2.45) is 5.84 Å². The Hall–Kier alpha value is -1.92. The fraction of sp³-hybridized carbons (Fsp3) is 0. The third-order valence-electron chi connectivity index (χ3n) is 1.69. The van der Waals surface area contributed by atoms with Crippen LogP contribution >= 0.6 is 11.6 Å². The maximum Gasteiger partial charge on any atom is 0.224 e. The number of rotatable bonds is 3. The molecule has 0 saturated carbocycles. The van der Waals surface area contributed by atoms with Gasteiger partial charge in [0, 0.05) is 18.3 Å². The molecule has 0 spiro atoms. The van der Waals surface area contributed by atoms with Crippen molar-refractivity contribution in [3.05, 3.63) is 35.9 Å². The van der Waals surface area contributed by atoms with Crippen molar-refractivity contribution in [1.29, 1.82) is 0 Å². The minimum absolute atomic E-state index is 0.354. The van der Waals surface area contributed by atoms with Crippen molar-refractivity contribution < 1.29 is 4.74 Å². The molecular formula is C9H8ClN5O. The molecule has 2 aromatic heterocycles. The highest BCUT2D eigenvalue weighted by molar-refractivity contribution is 6.30. The van der Waals surface area contributed by atoms with Crippen molar-refractivity contribution in [2.75, 3.05) is 5.43 Å². The third kappa shape index (κ3) is 2.56. The van der Waals surface area contributed by atoms with Gasteiger partial charge in [-0.3, -0.25) is 4.98 Å². The molecule has 2 heterocycles. The van der Waals surface area contributed by atoms with Crippen LogP contribution < -0.4 is 16.0 Å². The van der Waals surface area contributed by atoms with Gasteiger partial charge in [-0.15, -0.1) is 0 Å². The Kier molecular flexibility index (Phi) is 3.13. The Morgan fingerprint density at radius 3 is 2.88 bits per heavy atom. The Morgan fingerprint density at radius 2 is 2.12 bits per heavy atom. The zero-order valence-electron chi connectivity index (χ0n) is 8.09. The smallest absolute Gasteiger partial charge is 0.224 e. The number of nitrogen functional groups attached to an aromatic ring is 1. The zero-order chi connectivity index (χ0) is 11.4. The van der Waals surface area contributed by atoms with E-state index < -0.39 is 0 Å². The summed E-state index contributed by atoms with van der Waals surface area (Å²) < 4.78 is 5.41. The van der Waals surface area contributed by atoms with Gasteiger partial charge in [-0.2, -0.15) is 0 Å². The molecule has 0 fully saturated rings. The molecule has 6 nitrogen and oxygen atoms in total. The minimum atomic E-state index is 0.354. The lowest BCUT2D eigenvalue weighted by atomic mass is 10.4. The van der Waals surface area contributed by atoms with Crippen molar-refractivity contribution in [3.63, 3.8) is 0 Å². The first-order valence-electron chi connectivity index (χ1n) is 4.35. The number of nitrogens with one attached hydrogen (secondary N) is 1. The molecular weight excluding hydrogens is 230 g/mol. The highest BCUT2D eigenvalue weighted by Crippen LogP contribution is 2.21. The fourth-order valence-electron chi connectivity index (χ4n) is 1.04. The van der Waals surface area contributed by atoms with Gasteiger partial charge in [0.25, 0.3) is 0 Å². The van der Waals surface area contributed by atoms with Crippen molar-refractivity contribution in [3.8, 4) is 11.6 Å². The van der Waals surface area contributed by atoms with Gasteiger partial charge in [0.2, 0.25) is 5.88 Å². The van der Waals surface area contributed by atoms with Crippen molar-refractivity contribution in [1.82, 2.24) is 15.0 Å². The summed E-state index contributed by atoms with van der Waals surface area (Å²) in [6.07, 6.45) is 4.38. The number of hydrogen-bond acceptors (Lipinski definition) is 6. The maximum absolute atomic E-state index is 5.76. The highest BCUT2D eigenvalue weighted by Gasteiger charge is 2.01. The molecule has 7 heteroatoms. The van der Waals surface area contributed by atoms with Crippen LogP contribution in [0.4, 0.5) is 5.82 Å². The van der Waals surface area contributed by atoms with Gasteiger partial charge in [0.15, 0.2) is 0 Å². The minimum Gasteiger partial charge on any atom is -0.437 e. The average Bonchev–Trinajstić information content (AvgIpc) is 2.29. The molecule has 0 aliphatic heterocycles. The number of ether oxygens (including phenoxy) is 1. The molecule has 2 aromatic rings. The molecule has 16 heavy (non-hydrogen) atoms. The Morgan fingerprint density at radius 1 is 1.25 bits per heavy atom. The Balaban J connectivity index is 2.20. The lowest BCUT2D eigenvalue weighted by molar-refractivity contribution is 0.460. The second kappa shape index (κ2) is 4.73. The number of aromatic nitrogens is 3. The van der Waals surface area contributed by atoms with Crippen LogP contribution in [0, 0.1) is 0 Å². The standard InChI is InChI=1S/C9H8ClN5O/c10-6-1-7(4-12-3-6)16-9-2-8(15-11)13-5-14-9/h1-5H,11H2,(H,13,14,15). The van der Waals surface area contributed by atoms with Crippen LogP contribution in [0.3, 0.4) is 0 Å². The van der Waals surface area contributed by atoms with Gasteiger partial charge >= 0.3 is 0 Å². The van der Waals surface area contributed by atoms with E-state index in [4.69, 9.17) is 22.2 Å². The molecule has 0 amide bonds. The Bertz CT molecular complexity index is 493. The number of halogens is 1. The number of hydrazine groups is 1. The predicted molar refractivity (Wildman–Crippen MR) is 59.2 cm³/mol. The first-order valence-corrected chi connectivity index (χ1v) is 4.73. The van der Waals surface area contributed by atoms with Gasteiger partial charge in [0.05, 0.1) is 11.2 Å². The van der Waals surface area contributed by atoms with E-state index in [9.17, 15) is 0 Å². The summed E-state index contributed by atoms with van der Waals surface area (Å²) in [5.41, 5.74) is 2.39. The van der Waals surface area contributed by atoms with Crippen LogP contribution in [0.25, 0.3) is 0 Å². The van der Waals surface area contributed by atoms with Crippen LogP contribution in [0.1, 0.15) is 0 Å². The molecule has 0 aliphatic rings. The normalized spacial score (nSPS) is 9.88. The van der Waals surface area contributed by atoms with Crippen LogP contribution in [0.5, 0.6) is 11.6 Å². The first kappa shape index (κ1) is 10.6. The molecule has 3 N–H and O–H groups in total. The quantitative estimate of drug-likeness (QED) is 0.623. The number of nitrogens with zero attached hydrogens (tertiary/aromatic N) is 3. The predicted octanol–water partition coefficient (Wildman–Crippen LogP) is 1.60. The molecule has 0 bridgehead atoms. The third-order valence-corrected chi connectivity index (χ3v) is 1.90. The van der Waals surface area contributed by atoms with Gasteiger partial charge in [-0.1, -0.05) is 11.6 Å². The van der Waals surface area contributed by atoms with E-state index in [0.29, 0.717) is 22.5 Å². The van der Waals surface area contributed by atoms with E-state index in [-0.39, 0.29) is 0 Å². The summed E-state index contributed by atoms with van der Waals surface area (Å²) >= 11 is 5.76. The second-order valence-corrected chi connectivity index (χ2v) is 3.26. The van der Waals surface area contributed by atoms with Crippen LogP contribution in [-0.4, -0.2) is 15.0 Å². The van der Waals surface area contributed by atoms with E-state index in [1.54, 1.807) is 12.1 Å². The summed E-state index contributed by atoms with van der Waals surface area (Å²) in [5.74, 6) is 6.51. The van der Waals surface area contributed by atoms with E-state index in [2.05, 4.69) is 20.4 Å². The molecule has 0 unspecified atom stereocenters. The van der Waals surface area contributed by atoms with E-state index >= 15 is 0 Å². The molecule has 0 saturated heterocycles. The molecule has 82 valence electrons. The van der Waals surface area contributed by atoms with Crippen molar-refractivity contribution >= 4 is 17.4 Å². The average molecular weight is 238 g/mol. The lowest BCUT2D eigenvalue weighted by Gasteiger charge is -2.05. The SMILES string of the molecule is NNc1cc(Oc2cncc(Cl)c2)ncn1. The van der Waals surface area contributed by atoms with E-state index in [1.165, 1.54) is 18.7 Å². The maximum atomic E-state index is 5.76. The number of hydrogen-bond donors (Lipinski definition) is 2. The van der Waals surface area contributed by atoms with Crippen molar-refractivity contribution in [2.45, 2.75) is 0 Å². The summed E-state index contributed by atoms with van der Waals surface area (Å²) in [7, 11) is 0. The summed E-state index contributed by atoms with van der Waals surface area (Å²) in [6.45, 7) is 0. The molecule has 0 aromatic carbocycles. The fourth-order valence-corrected chi connectivity index (χ4v) is 1.21. The molecule has 0 aliphatic carbocycles. The second-order valence-electron chi connectivity index (χ2n) is 2.83. The summed E-state index contributed by atoms with van der Waals surface area (Å²) in [5, 5.41) is 0.490. The molecule has 0 atom stereocenters. The largest absolute Gasteiger partial charge is 0.437 e. The highest BCUT2D eigenvalue weighted by atomic mass is 35.5. The molecule has 2 rings (SSSR count). The monoisotopic (exact) mass is 237 g/mol. The summed E-state index contributed by atoms with van der Waals surface area (Å²) in [6, 6.07) is 3.19. The topological polar surface area (TPSA) is 86.0 Å². The van der Waals surface area contributed by atoms with Gasteiger partial charge < -0.3 is 10.2 Å². The van der Waals surface area contributed by atoms with E-state index in [0.717, 1.165) is 0 Å². The van der Waals surface area contributed by atoms with Crippen LogP contribution in [0.15, 0.2) is 30.9 Å². The van der Waals surface area contributed by atoms with Gasteiger partial charge in [-0.25, -0.2) is 15.8 Å². The first-order chi connectivity index (χ1) is 7.78. The van der Waals surface area contributed by atoms with Gasteiger partial charge in [0.1, 0.15) is 17.9 Å². The number of anilines is 1. The van der Waals surface area contributed by atoms with E-state index in [1.807, 2.05) is 0 Å². The van der Waals surface area contributed by atoms with Gasteiger partial charge in [-0.05, 0) is 0 Å². The zero-order valence-corrected chi connectivity index (χ0v) is 8.85. The summed E-state index contributed by atoms with van der Waals surface area (Å²) in [4.78, 5) is 11.6. The van der Waals surface area contributed by atoms with Crippen LogP contribution in [0.2, 0.25) is 5.02 Å². The van der Waals surface area contributed by atoms with Crippen LogP contribution in [-0.2, 0) is 0 Å². The lowest BCUT2D eigenvalue weighted by Crippen LogP contribution is -2.08. The number of pyridine rings is 1. The Labute approximate surface area is 96.4 Å².